The van der Waals surface area contributed by atoms with E-state index in [4.69, 9.17) is 9.47 Å². The molecule has 1 atom stereocenters. The van der Waals surface area contributed by atoms with Crippen molar-refractivity contribution >= 4 is 17.7 Å². The Hall–Kier alpha value is -3.00. The molecule has 0 saturated carbocycles. The van der Waals surface area contributed by atoms with Crippen LogP contribution in [-0.2, 0) is 19.1 Å². The lowest BCUT2D eigenvalue weighted by molar-refractivity contribution is -0.157. The molecule has 0 radical (unpaired) electrons. The number of carbonyl (C=O) groups is 2. The highest BCUT2D eigenvalue weighted by atomic mass is 19.1. The third-order valence-corrected chi connectivity index (χ3v) is 3.31. The fourth-order valence-corrected chi connectivity index (χ4v) is 2.08. The lowest BCUT2D eigenvalue weighted by Gasteiger charge is -2.12. The SMILES string of the molecule is C=CCOC(C)C(=O)OCC(=O)Nc1cc(C)nn1-c1ccc(F)cc1. The van der Waals surface area contributed by atoms with E-state index in [1.165, 1.54) is 41.9 Å². The highest BCUT2D eigenvalue weighted by Crippen LogP contribution is 2.17. The molecule has 1 aromatic carbocycles. The third kappa shape index (κ3) is 5.25. The van der Waals surface area contributed by atoms with E-state index in [1.807, 2.05) is 0 Å². The van der Waals surface area contributed by atoms with Crippen LogP contribution in [0.3, 0.4) is 0 Å². The average molecular weight is 361 g/mol. The number of esters is 1. The zero-order valence-electron chi connectivity index (χ0n) is 14.6. The number of hydrogen-bond acceptors (Lipinski definition) is 5. The van der Waals surface area contributed by atoms with Crippen LogP contribution in [0.25, 0.3) is 5.69 Å². The van der Waals surface area contributed by atoms with E-state index < -0.39 is 24.6 Å². The molecule has 0 aliphatic carbocycles. The lowest BCUT2D eigenvalue weighted by atomic mass is 10.3. The van der Waals surface area contributed by atoms with Gasteiger partial charge >= 0.3 is 5.97 Å². The molecule has 1 unspecified atom stereocenters. The third-order valence-electron chi connectivity index (χ3n) is 3.31. The van der Waals surface area contributed by atoms with E-state index in [0.717, 1.165) is 0 Å². The first-order chi connectivity index (χ1) is 12.4. The van der Waals surface area contributed by atoms with E-state index in [9.17, 15) is 14.0 Å². The molecule has 0 fully saturated rings. The van der Waals surface area contributed by atoms with Crippen LogP contribution >= 0.6 is 0 Å². The second-order valence-electron chi connectivity index (χ2n) is 5.48. The Morgan fingerprint density at radius 2 is 2.08 bits per heavy atom. The number of nitrogens with one attached hydrogen (secondary N) is 1. The van der Waals surface area contributed by atoms with Gasteiger partial charge in [-0.25, -0.2) is 13.9 Å². The highest BCUT2D eigenvalue weighted by Gasteiger charge is 2.17. The number of aromatic nitrogens is 2. The van der Waals surface area contributed by atoms with Gasteiger partial charge in [-0.1, -0.05) is 6.08 Å². The molecule has 2 rings (SSSR count). The van der Waals surface area contributed by atoms with Crippen molar-refractivity contribution in [2.45, 2.75) is 20.0 Å². The number of carbonyl (C=O) groups excluding carboxylic acids is 2. The minimum atomic E-state index is -0.798. The second-order valence-corrected chi connectivity index (χ2v) is 5.48. The number of ether oxygens (including phenoxy) is 2. The summed E-state index contributed by atoms with van der Waals surface area (Å²) >= 11 is 0. The van der Waals surface area contributed by atoms with Crippen molar-refractivity contribution in [2.75, 3.05) is 18.5 Å². The number of anilines is 1. The smallest absolute Gasteiger partial charge is 0.335 e. The molecule has 0 bridgehead atoms. The van der Waals surface area contributed by atoms with E-state index in [1.54, 1.807) is 13.0 Å². The van der Waals surface area contributed by atoms with Gasteiger partial charge in [0.25, 0.3) is 5.91 Å². The number of aryl methyl sites for hydroxylation is 1. The van der Waals surface area contributed by atoms with Crippen LogP contribution in [0.5, 0.6) is 0 Å². The van der Waals surface area contributed by atoms with Crippen molar-refractivity contribution in [3.8, 4) is 5.69 Å². The first kappa shape index (κ1) is 19.3. The maximum absolute atomic E-state index is 13.1. The van der Waals surface area contributed by atoms with Crippen molar-refractivity contribution in [1.82, 2.24) is 9.78 Å². The number of amides is 1. The predicted octanol–water partition coefficient (Wildman–Crippen LogP) is 2.39. The maximum atomic E-state index is 13.1. The van der Waals surface area contributed by atoms with Crippen LogP contribution in [-0.4, -0.2) is 41.0 Å². The van der Waals surface area contributed by atoms with Crippen molar-refractivity contribution in [3.63, 3.8) is 0 Å². The molecule has 26 heavy (non-hydrogen) atoms. The van der Waals surface area contributed by atoms with Crippen LogP contribution in [0.1, 0.15) is 12.6 Å². The van der Waals surface area contributed by atoms with Crippen molar-refractivity contribution in [1.29, 1.82) is 0 Å². The molecule has 7 nitrogen and oxygen atoms in total. The minimum absolute atomic E-state index is 0.207. The Morgan fingerprint density at radius 3 is 2.73 bits per heavy atom. The zero-order chi connectivity index (χ0) is 19.1. The van der Waals surface area contributed by atoms with Gasteiger partial charge < -0.3 is 14.8 Å². The number of halogens is 1. The normalized spacial score (nSPS) is 11.7. The highest BCUT2D eigenvalue weighted by molar-refractivity contribution is 5.92. The quantitative estimate of drug-likeness (QED) is 0.577. The van der Waals surface area contributed by atoms with E-state index in [0.29, 0.717) is 17.2 Å². The molecule has 138 valence electrons. The molecule has 8 heteroatoms. The van der Waals surface area contributed by atoms with Gasteiger partial charge in [0.2, 0.25) is 0 Å². The molecule has 0 spiro atoms. The fraction of sp³-hybridized carbons (Fsp3) is 0.278. The molecule has 0 saturated heterocycles. The van der Waals surface area contributed by atoms with Crippen LogP contribution < -0.4 is 5.32 Å². The van der Waals surface area contributed by atoms with Gasteiger partial charge in [0, 0.05) is 6.07 Å². The fourth-order valence-electron chi connectivity index (χ4n) is 2.08. The standard InChI is InChI=1S/C18H20FN3O4/c1-4-9-25-13(3)18(24)26-11-17(23)20-16-10-12(2)21-22(16)15-7-5-14(19)6-8-15/h4-8,10,13H,1,9,11H2,2-3H3,(H,20,23). The van der Waals surface area contributed by atoms with Crippen LogP contribution in [0.2, 0.25) is 0 Å². The molecular formula is C18H20FN3O4. The summed E-state index contributed by atoms with van der Waals surface area (Å²) in [5.74, 6) is -1.17. The first-order valence-corrected chi connectivity index (χ1v) is 7.92. The largest absolute Gasteiger partial charge is 0.454 e. The average Bonchev–Trinajstić information content (AvgIpc) is 2.98. The molecular weight excluding hydrogens is 341 g/mol. The monoisotopic (exact) mass is 361 g/mol. The van der Waals surface area contributed by atoms with E-state index >= 15 is 0 Å². The Bertz CT molecular complexity index is 786. The van der Waals surface area contributed by atoms with Gasteiger partial charge in [-0.2, -0.15) is 5.10 Å². The summed E-state index contributed by atoms with van der Waals surface area (Å²) in [5.41, 5.74) is 1.24. The van der Waals surface area contributed by atoms with E-state index in [2.05, 4.69) is 17.0 Å². The minimum Gasteiger partial charge on any atom is -0.454 e. The van der Waals surface area contributed by atoms with Gasteiger partial charge in [-0.3, -0.25) is 4.79 Å². The summed E-state index contributed by atoms with van der Waals surface area (Å²) in [6.07, 6.45) is 0.711. The number of benzene rings is 1. The number of nitrogens with zero attached hydrogens (tertiary/aromatic N) is 2. The maximum Gasteiger partial charge on any atom is 0.335 e. The molecule has 1 N–H and O–H groups in total. The van der Waals surface area contributed by atoms with Crippen molar-refractivity contribution < 1.29 is 23.5 Å². The van der Waals surface area contributed by atoms with Gasteiger partial charge in [-0.15, -0.1) is 6.58 Å². The molecule has 1 aromatic heterocycles. The lowest BCUT2D eigenvalue weighted by Crippen LogP contribution is -2.28. The van der Waals surface area contributed by atoms with E-state index in [-0.39, 0.29) is 12.4 Å². The Labute approximate surface area is 150 Å². The van der Waals surface area contributed by atoms with Crippen molar-refractivity contribution in [2.24, 2.45) is 0 Å². The topological polar surface area (TPSA) is 82.4 Å². The molecule has 2 aromatic rings. The van der Waals surface area contributed by atoms with Gasteiger partial charge in [0.1, 0.15) is 11.6 Å². The summed E-state index contributed by atoms with van der Waals surface area (Å²) in [5, 5.41) is 6.88. The van der Waals surface area contributed by atoms with Crippen LogP contribution in [0.15, 0.2) is 43.0 Å². The Kier molecular flexibility index (Phi) is 6.62. The van der Waals surface area contributed by atoms with Crippen LogP contribution in [0.4, 0.5) is 10.2 Å². The van der Waals surface area contributed by atoms with Gasteiger partial charge in [-0.05, 0) is 38.1 Å². The Morgan fingerprint density at radius 1 is 1.38 bits per heavy atom. The summed E-state index contributed by atoms with van der Waals surface area (Å²) < 4.78 is 24.6. The summed E-state index contributed by atoms with van der Waals surface area (Å²) in [6, 6.07) is 7.32. The number of rotatable bonds is 8. The summed E-state index contributed by atoms with van der Waals surface area (Å²) in [6.45, 7) is 6.51. The summed E-state index contributed by atoms with van der Waals surface area (Å²) in [4.78, 5) is 23.8. The molecule has 1 amide bonds. The molecule has 0 aliphatic rings. The van der Waals surface area contributed by atoms with Crippen molar-refractivity contribution in [3.05, 3.63) is 54.5 Å². The van der Waals surface area contributed by atoms with Gasteiger partial charge in [0.15, 0.2) is 12.7 Å². The Balaban J connectivity index is 1.98. The molecule has 1 heterocycles. The second kappa shape index (κ2) is 8.91. The predicted molar refractivity (Wildman–Crippen MR) is 93.5 cm³/mol. The zero-order valence-corrected chi connectivity index (χ0v) is 14.6. The van der Waals surface area contributed by atoms with Crippen LogP contribution in [0, 0.1) is 12.7 Å². The number of hydrogen-bond donors (Lipinski definition) is 1. The molecule has 0 aliphatic heterocycles. The first-order valence-electron chi connectivity index (χ1n) is 7.92. The summed E-state index contributed by atoms with van der Waals surface area (Å²) in [7, 11) is 0. The van der Waals surface area contributed by atoms with Gasteiger partial charge in [0.05, 0.1) is 18.0 Å².